The molecule has 0 radical (unpaired) electrons. The van der Waals surface area contributed by atoms with Crippen molar-refractivity contribution in [2.75, 3.05) is 32.9 Å². The van der Waals surface area contributed by atoms with Crippen molar-refractivity contribution in [2.45, 2.75) is 50.2 Å². The van der Waals surface area contributed by atoms with Crippen molar-refractivity contribution in [1.29, 1.82) is 0 Å². The van der Waals surface area contributed by atoms with Crippen molar-refractivity contribution >= 4 is 5.97 Å². The number of ether oxygens (including phenoxy) is 2. The van der Waals surface area contributed by atoms with Gasteiger partial charge in [-0.1, -0.05) is 0 Å². The Kier molecular flexibility index (Phi) is 4.29. The van der Waals surface area contributed by atoms with E-state index in [2.05, 4.69) is 4.90 Å². The van der Waals surface area contributed by atoms with Gasteiger partial charge in [0, 0.05) is 32.1 Å². The third kappa shape index (κ3) is 3.15. The van der Waals surface area contributed by atoms with Crippen LogP contribution < -0.4 is 0 Å². The van der Waals surface area contributed by atoms with E-state index in [9.17, 15) is 4.79 Å². The fraction of sp³-hybridized carbons (Fsp3) is 0.933. The van der Waals surface area contributed by atoms with Crippen LogP contribution in [0.3, 0.4) is 0 Å². The van der Waals surface area contributed by atoms with E-state index in [0.29, 0.717) is 18.4 Å². The second kappa shape index (κ2) is 6.00. The number of nitrogens with zero attached hydrogens (tertiary/aromatic N) is 1. The molecule has 0 bridgehead atoms. The molecule has 0 saturated carbocycles. The summed E-state index contributed by atoms with van der Waals surface area (Å²) in [6.07, 6.45) is 5.58. The van der Waals surface area contributed by atoms with Gasteiger partial charge in [0.1, 0.15) is 0 Å². The molecule has 3 fully saturated rings. The maximum atomic E-state index is 10.8. The van der Waals surface area contributed by atoms with Gasteiger partial charge in [0.05, 0.1) is 12.2 Å². The molecule has 0 aromatic heterocycles. The molecule has 20 heavy (non-hydrogen) atoms. The van der Waals surface area contributed by atoms with Crippen LogP contribution in [0.4, 0.5) is 0 Å². The molecule has 3 rings (SSSR count). The highest BCUT2D eigenvalue weighted by Crippen LogP contribution is 2.36. The van der Waals surface area contributed by atoms with Crippen LogP contribution in [0, 0.1) is 5.92 Å². The highest BCUT2D eigenvalue weighted by atomic mass is 16.6. The van der Waals surface area contributed by atoms with E-state index in [1.807, 2.05) is 0 Å². The van der Waals surface area contributed by atoms with Crippen LogP contribution in [0.5, 0.6) is 0 Å². The minimum absolute atomic E-state index is 0.0270. The lowest BCUT2D eigenvalue weighted by molar-refractivity contribution is -0.138. The SMILES string of the molecule is O=C(O)CC1CCN(C2CCOC3(CCOC3)C2)CC1. The van der Waals surface area contributed by atoms with E-state index in [1.54, 1.807) is 0 Å². The zero-order valence-electron chi connectivity index (χ0n) is 12.1. The average Bonchev–Trinajstić information content (AvgIpc) is 2.87. The first kappa shape index (κ1) is 14.3. The van der Waals surface area contributed by atoms with Crippen LogP contribution >= 0.6 is 0 Å². The molecule has 1 N–H and O–H groups in total. The number of aliphatic carboxylic acids is 1. The molecule has 5 nitrogen and oxygen atoms in total. The maximum absolute atomic E-state index is 10.8. The summed E-state index contributed by atoms with van der Waals surface area (Å²) in [5.74, 6) is -0.288. The van der Waals surface area contributed by atoms with Crippen LogP contribution in [0.15, 0.2) is 0 Å². The fourth-order valence-electron chi connectivity index (χ4n) is 3.95. The van der Waals surface area contributed by atoms with E-state index in [1.165, 1.54) is 0 Å². The Bertz CT molecular complexity index is 346. The topological polar surface area (TPSA) is 59.0 Å². The molecule has 1 spiro atoms. The summed E-state index contributed by atoms with van der Waals surface area (Å²) < 4.78 is 11.5. The molecule has 3 heterocycles. The molecule has 2 unspecified atom stereocenters. The minimum Gasteiger partial charge on any atom is -0.481 e. The number of rotatable bonds is 3. The predicted octanol–water partition coefficient (Wildman–Crippen LogP) is 1.51. The first-order chi connectivity index (χ1) is 9.67. The van der Waals surface area contributed by atoms with Gasteiger partial charge in [-0.05, 0) is 44.7 Å². The Balaban J connectivity index is 1.51. The molecule has 114 valence electrons. The Hall–Kier alpha value is -0.650. The third-order valence-electron chi connectivity index (χ3n) is 5.16. The van der Waals surface area contributed by atoms with Crippen molar-refractivity contribution in [2.24, 2.45) is 5.92 Å². The molecule has 3 aliphatic heterocycles. The van der Waals surface area contributed by atoms with Gasteiger partial charge in [-0.3, -0.25) is 4.79 Å². The minimum atomic E-state index is -0.656. The molecule has 0 aromatic rings. The largest absolute Gasteiger partial charge is 0.481 e. The number of carboxylic acid groups (broad SMARTS) is 1. The number of piperidine rings is 1. The number of carboxylic acids is 1. The summed E-state index contributed by atoms with van der Waals surface area (Å²) in [5.41, 5.74) is -0.0270. The van der Waals surface area contributed by atoms with Crippen LogP contribution in [0.1, 0.15) is 38.5 Å². The number of hydrogen-bond acceptors (Lipinski definition) is 4. The second-order valence-corrected chi connectivity index (χ2v) is 6.56. The van der Waals surface area contributed by atoms with Crippen molar-refractivity contribution in [3.05, 3.63) is 0 Å². The molecule has 0 amide bonds. The molecule has 0 aliphatic carbocycles. The smallest absolute Gasteiger partial charge is 0.303 e. The van der Waals surface area contributed by atoms with Gasteiger partial charge in [0.25, 0.3) is 0 Å². The van der Waals surface area contributed by atoms with Crippen molar-refractivity contribution in [1.82, 2.24) is 4.90 Å². The zero-order chi connectivity index (χ0) is 14.0. The number of likely N-dealkylation sites (tertiary alicyclic amines) is 1. The van der Waals surface area contributed by atoms with Crippen LogP contribution in [-0.4, -0.2) is 60.5 Å². The van der Waals surface area contributed by atoms with Crippen LogP contribution in [0.2, 0.25) is 0 Å². The van der Waals surface area contributed by atoms with Crippen LogP contribution in [-0.2, 0) is 14.3 Å². The molecular formula is C15H25NO4. The maximum Gasteiger partial charge on any atom is 0.303 e. The van der Waals surface area contributed by atoms with Gasteiger partial charge in [-0.2, -0.15) is 0 Å². The number of carbonyl (C=O) groups is 1. The summed E-state index contributed by atoms with van der Waals surface area (Å²) in [7, 11) is 0. The zero-order valence-corrected chi connectivity index (χ0v) is 12.1. The quantitative estimate of drug-likeness (QED) is 0.851. The lowest BCUT2D eigenvalue weighted by Gasteiger charge is -2.44. The molecule has 3 saturated heterocycles. The lowest BCUT2D eigenvalue weighted by Crippen LogP contribution is -2.51. The van der Waals surface area contributed by atoms with Gasteiger partial charge in [0.15, 0.2) is 0 Å². The van der Waals surface area contributed by atoms with Gasteiger partial charge < -0.3 is 19.5 Å². The Morgan fingerprint density at radius 3 is 2.70 bits per heavy atom. The summed E-state index contributed by atoms with van der Waals surface area (Å²) in [5, 5.41) is 8.88. The molecule has 2 atom stereocenters. The average molecular weight is 283 g/mol. The standard InChI is InChI=1S/C15H25NO4/c17-14(18)9-12-1-5-16(6-2-12)13-3-7-20-15(10-13)4-8-19-11-15/h12-13H,1-11H2,(H,17,18). The van der Waals surface area contributed by atoms with E-state index in [0.717, 1.165) is 65.0 Å². The van der Waals surface area contributed by atoms with E-state index in [4.69, 9.17) is 14.6 Å². The van der Waals surface area contributed by atoms with Gasteiger partial charge in [-0.25, -0.2) is 0 Å². The summed E-state index contributed by atoms with van der Waals surface area (Å²) >= 11 is 0. The third-order valence-corrected chi connectivity index (χ3v) is 5.16. The van der Waals surface area contributed by atoms with E-state index >= 15 is 0 Å². The first-order valence-electron chi connectivity index (χ1n) is 7.84. The molecule has 5 heteroatoms. The van der Waals surface area contributed by atoms with Crippen molar-refractivity contribution < 1.29 is 19.4 Å². The highest BCUT2D eigenvalue weighted by Gasteiger charge is 2.42. The highest BCUT2D eigenvalue weighted by molar-refractivity contribution is 5.67. The van der Waals surface area contributed by atoms with E-state index < -0.39 is 5.97 Å². The first-order valence-corrected chi connectivity index (χ1v) is 7.84. The van der Waals surface area contributed by atoms with Crippen molar-refractivity contribution in [3.63, 3.8) is 0 Å². The van der Waals surface area contributed by atoms with Gasteiger partial charge in [0.2, 0.25) is 0 Å². The molecular weight excluding hydrogens is 258 g/mol. The summed E-state index contributed by atoms with van der Waals surface area (Å²) in [6, 6.07) is 0.594. The predicted molar refractivity (Wildman–Crippen MR) is 73.7 cm³/mol. The monoisotopic (exact) mass is 283 g/mol. The Morgan fingerprint density at radius 1 is 1.25 bits per heavy atom. The summed E-state index contributed by atoms with van der Waals surface area (Å²) in [6.45, 7) is 4.49. The Morgan fingerprint density at radius 2 is 2.05 bits per heavy atom. The van der Waals surface area contributed by atoms with E-state index in [-0.39, 0.29) is 5.60 Å². The summed E-state index contributed by atoms with van der Waals surface area (Å²) in [4.78, 5) is 13.3. The molecule has 3 aliphatic rings. The lowest BCUT2D eigenvalue weighted by atomic mass is 9.86. The fourth-order valence-corrected chi connectivity index (χ4v) is 3.95. The second-order valence-electron chi connectivity index (χ2n) is 6.56. The normalized spacial score (nSPS) is 36.5. The van der Waals surface area contributed by atoms with Crippen molar-refractivity contribution in [3.8, 4) is 0 Å². The molecule has 0 aromatic carbocycles. The Labute approximate surface area is 120 Å². The van der Waals surface area contributed by atoms with Gasteiger partial charge in [-0.15, -0.1) is 0 Å². The van der Waals surface area contributed by atoms with Gasteiger partial charge >= 0.3 is 5.97 Å². The number of hydrogen-bond donors (Lipinski definition) is 1. The van der Waals surface area contributed by atoms with Crippen LogP contribution in [0.25, 0.3) is 0 Å².